The molecule has 1 N–H and O–H groups in total. The Balaban J connectivity index is 1.82. The molecule has 1 saturated heterocycles. The molecule has 1 aromatic heterocycles. The monoisotopic (exact) mass is 380 g/mol. The van der Waals surface area contributed by atoms with Gasteiger partial charge in [0.2, 0.25) is 10.0 Å². The Morgan fingerprint density at radius 1 is 1.19 bits per heavy atom. The van der Waals surface area contributed by atoms with Crippen molar-refractivity contribution in [3.63, 3.8) is 0 Å². The van der Waals surface area contributed by atoms with E-state index in [9.17, 15) is 8.42 Å². The summed E-state index contributed by atoms with van der Waals surface area (Å²) in [5, 5.41) is 0. The minimum absolute atomic E-state index is 0.0546. The number of methoxy groups -OCH3 is 2. The number of benzene rings is 1. The summed E-state index contributed by atoms with van der Waals surface area (Å²) in [7, 11) is -0.841. The van der Waals surface area contributed by atoms with Crippen LogP contribution >= 0.6 is 0 Å². The Labute approximate surface area is 153 Å². The van der Waals surface area contributed by atoms with Crippen LogP contribution in [-0.4, -0.2) is 47.2 Å². The maximum absolute atomic E-state index is 12.9. The van der Waals surface area contributed by atoms with Gasteiger partial charge in [0, 0.05) is 12.6 Å². The van der Waals surface area contributed by atoms with Crippen LogP contribution < -0.4 is 14.2 Å². The average Bonchev–Trinajstić information content (AvgIpc) is 3.35. The molecule has 0 spiro atoms. The molecule has 1 unspecified atom stereocenters. The number of rotatable bonds is 8. The van der Waals surface area contributed by atoms with E-state index < -0.39 is 10.0 Å². The van der Waals surface area contributed by atoms with Gasteiger partial charge >= 0.3 is 0 Å². The molecule has 7 nitrogen and oxygen atoms in total. The Hall–Kier alpha value is -2.03. The van der Waals surface area contributed by atoms with Crippen LogP contribution in [0.3, 0.4) is 0 Å². The van der Waals surface area contributed by atoms with Gasteiger partial charge in [-0.15, -0.1) is 0 Å². The predicted octanol–water partition coefficient (Wildman–Crippen LogP) is 2.41. The van der Waals surface area contributed by atoms with E-state index in [1.165, 1.54) is 20.3 Å². The highest BCUT2D eigenvalue weighted by atomic mass is 32.2. The number of hydrogen-bond donors (Lipinski definition) is 1. The predicted molar refractivity (Wildman–Crippen MR) is 97.0 cm³/mol. The van der Waals surface area contributed by atoms with Crippen LogP contribution in [0.2, 0.25) is 0 Å². The minimum atomic E-state index is -3.77. The molecular formula is C18H24N2O5S. The van der Waals surface area contributed by atoms with Crippen LogP contribution in [0.1, 0.15) is 24.6 Å². The van der Waals surface area contributed by atoms with Crippen LogP contribution in [0.15, 0.2) is 45.9 Å². The molecule has 3 rings (SSSR count). The molecule has 1 atom stereocenters. The normalized spacial score (nSPS) is 16.5. The van der Waals surface area contributed by atoms with E-state index in [2.05, 4.69) is 9.62 Å². The lowest BCUT2D eigenvalue weighted by Gasteiger charge is -2.26. The van der Waals surface area contributed by atoms with Crippen LogP contribution in [0, 0.1) is 0 Å². The average molecular weight is 380 g/mol. The molecule has 0 bridgehead atoms. The van der Waals surface area contributed by atoms with E-state index in [4.69, 9.17) is 13.9 Å². The Morgan fingerprint density at radius 2 is 1.96 bits per heavy atom. The number of hydrogen-bond acceptors (Lipinski definition) is 6. The summed E-state index contributed by atoms with van der Waals surface area (Å²) in [5.74, 6) is 1.48. The lowest BCUT2D eigenvalue weighted by Crippen LogP contribution is -2.36. The van der Waals surface area contributed by atoms with E-state index in [1.54, 1.807) is 18.4 Å². The van der Waals surface area contributed by atoms with E-state index in [0.717, 1.165) is 31.7 Å². The highest BCUT2D eigenvalue weighted by Crippen LogP contribution is 2.29. The first-order chi connectivity index (χ1) is 12.5. The standard InChI is InChI=1S/C18H24N2O5S/c1-23-14-7-8-17(24-2)18(12-14)26(21,22)19-13-15(16-6-5-11-25-16)20-9-3-4-10-20/h5-8,11-12,15,19H,3-4,9-10,13H2,1-2H3. The fourth-order valence-corrected chi connectivity index (χ4v) is 4.42. The van der Waals surface area contributed by atoms with Crippen molar-refractivity contribution >= 4 is 10.0 Å². The first-order valence-corrected chi connectivity index (χ1v) is 10.0. The molecular weight excluding hydrogens is 356 g/mol. The molecule has 0 amide bonds. The highest BCUT2D eigenvalue weighted by Gasteiger charge is 2.28. The summed E-state index contributed by atoms with van der Waals surface area (Å²) in [6.07, 6.45) is 3.82. The summed E-state index contributed by atoms with van der Waals surface area (Å²) in [6.45, 7) is 2.07. The fraction of sp³-hybridized carbons (Fsp3) is 0.444. The first-order valence-electron chi connectivity index (χ1n) is 8.54. The molecule has 0 aliphatic carbocycles. The Bertz CT molecular complexity index is 814. The molecule has 1 aliphatic heterocycles. The molecule has 1 aliphatic rings. The highest BCUT2D eigenvalue weighted by molar-refractivity contribution is 7.89. The van der Waals surface area contributed by atoms with Crippen molar-refractivity contribution in [3.05, 3.63) is 42.4 Å². The van der Waals surface area contributed by atoms with Gasteiger partial charge < -0.3 is 13.9 Å². The maximum atomic E-state index is 12.9. The molecule has 142 valence electrons. The van der Waals surface area contributed by atoms with E-state index in [-0.39, 0.29) is 23.2 Å². The number of nitrogens with one attached hydrogen (secondary N) is 1. The van der Waals surface area contributed by atoms with Crippen molar-refractivity contribution < 1.29 is 22.3 Å². The molecule has 1 aromatic carbocycles. The first kappa shape index (κ1) is 18.8. The molecule has 26 heavy (non-hydrogen) atoms. The van der Waals surface area contributed by atoms with Crippen molar-refractivity contribution in [2.45, 2.75) is 23.8 Å². The lowest BCUT2D eigenvalue weighted by molar-refractivity contribution is 0.216. The second-order valence-electron chi connectivity index (χ2n) is 6.14. The van der Waals surface area contributed by atoms with Gasteiger partial charge in [-0.2, -0.15) is 0 Å². The minimum Gasteiger partial charge on any atom is -0.497 e. The van der Waals surface area contributed by atoms with Crippen LogP contribution in [0.5, 0.6) is 11.5 Å². The second kappa shape index (κ2) is 8.11. The Kier molecular flexibility index (Phi) is 5.85. The van der Waals surface area contributed by atoms with Gasteiger partial charge in [0.05, 0.1) is 26.5 Å². The summed E-state index contributed by atoms with van der Waals surface area (Å²) in [4.78, 5) is 2.29. The van der Waals surface area contributed by atoms with Crippen molar-refractivity contribution in [2.75, 3.05) is 33.9 Å². The molecule has 1 fully saturated rings. The second-order valence-corrected chi connectivity index (χ2v) is 7.88. The Morgan fingerprint density at radius 3 is 2.58 bits per heavy atom. The van der Waals surface area contributed by atoms with Crippen molar-refractivity contribution in [1.82, 2.24) is 9.62 Å². The quantitative estimate of drug-likeness (QED) is 0.757. The third-order valence-electron chi connectivity index (χ3n) is 4.58. The zero-order valence-corrected chi connectivity index (χ0v) is 15.8. The molecule has 0 saturated carbocycles. The number of likely N-dealkylation sites (tertiary alicyclic amines) is 1. The zero-order valence-electron chi connectivity index (χ0n) is 15.0. The van der Waals surface area contributed by atoms with Gasteiger partial charge in [0.25, 0.3) is 0 Å². The molecule has 0 radical (unpaired) electrons. The largest absolute Gasteiger partial charge is 0.497 e. The topological polar surface area (TPSA) is 81.0 Å². The van der Waals surface area contributed by atoms with Crippen molar-refractivity contribution in [2.24, 2.45) is 0 Å². The van der Waals surface area contributed by atoms with Gasteiger partial charge in [-0.05, 0) is 50.2 Å². The third kappa shape index (κ3) is 4.03. The smallest absolute Gasteiger partial charge is 0.244 e. The maximum Gasteiger partial charge on any atom is 0.244 e. The van der Waals surface area contributed by atoms with Gasteiger partial charge in [0.1, 0.15) is 22.2 Å². The van der Waals surface area contributed by atoms with E-state index >= 15 is 0 Å². The summed E-state index contributed by atoms with van der Waals surface area (Å²) in [6, 6.07) is 8.25. The number of ether oxygens (including phenoxy) is 2. The zero-order chi connectivity index (χ0) is 18.6. The number of sulfonamides is 1. The van der Waals surface area contributed by atoms with Gasteiger partial charge in [-0.25, -0.2) is 13.1 Å². The van der Waals surface area contributed by atoms with Gasteiger partial charge in [-0.1, -0.05) is 0 Å². The third-order valence-corrected chi connectivity index (χ3v) is 6.02. The molecule has 2 heterocycles. The molecule has 2 aromatic rings. The van der Waals surface area contributed by atoms with E-state index in [1.807, 2.05) is 12.1 Å². The number of nitrogens with zero attached hydrogens (tertiary/aromatic N) is 1. The van der Waals surface area contributed by atoms with E-state index in [0.29, 0.717) is 5.75 Å². The van der Waals surface area contributed by atoms with Crippen LogP contribution in [0.4, 0.5) is 0 Å². The number of furan rings is 1. The fourth-order valence-electron chi connectivity index (χ4n) is 3.20. The van der Waals surface area contributed by atoms with Crippen LogP contribution in [-0.2, 0) is 10.0 Å². The van der Waals surface area contributed by atoms with Crippen molar-refractivity contribution in [1.29, 1.82) is 0 Å². The lowest BCUT2D eigenvalue weighted by atomic mass is 10.2. The molecule has 8 heteroatoms. The summed E-state index contributed by atoms with van der Waals surface area (Å²) < 4.78 is 44.3. The van der Waals surface area contributed by atoms with Gasteiger partial charge in [0.15, 0.2) is 0 Å². The van der Waals surface area contributed by atoms with Crippen molar-refractivity contribution in [3.8, 4) is 11.5 Å². The van der Waals surface area contributed by atoms with Crippen LogP contribution in [0.25, 0.3) is 0 Å². The summed E-state index contributed by atoms with van der Waals surface area (Å²) >= 11 is 0. The van der Waals surface area contributed by atoms with Gasteiger partial charge in [-0.3, -0.25) is 4.90 Å². The summed E-state index contributed by atoms with van der Waals surface area (Å²) in [5.41, 5.74) is 0. The SMILES string of the molecule is COc1ccc(OC)c(S(=O)(=O)NCC(c2ccco2)N2CCCC2)c1.